The number of para-hydroxylation sites is 1. The highest BCUT2D eigenvalue weighted by Crippen LogP contribution is 2.51. The van der Waals surface area contributed by atoms with Crippen LogP contribution in [-0.4, -0.2) is 46.5 Å². The number of nitrogens with one attached hydrogen (secondary N) is 1. The molecule has 2 aromatic rings. The normalized spacial score (nSPS) is 26.2. The Hall–Kier alpha value is -3.92. The van der Waals surface area contributed by atoms with Crippen LogP contribution in [0.15, 0.2) is 48.5 Å². The minimum absolute atomic E-state index is 0.186. The second kappa shape index (κ2) is 8.21. The summed E-state index contributed by atoms with van der Waals surface area (Å²) in [6.07, 6.45) is 0. The number of carboxylic acids is 1. The van der Waals surface area contributed by atoms with Crippen LogP contribution in [0.3, 0.4) is 0 Å². The first-order valence-electron chi connectivity index (χ1n) is 10.2. The van der Waals surface area contributed by atoms with E-state index in [0.29, 0.717) is 22.0 Å². The molecule has 0 aromatic heterocycles. The first kappa shape index (κ1) is 22.3. The summed E-state index contributed by atoms with van der Waals surface area (Å²) in [7, 11) is 1.46. The molecule has 4 N–H and O–H groups in total. The highest BCUT2D eigenvalue weighted by Gasteiger charge is 2.68. The van der Waals surface area contributed by atoms with E-state index < -0.39 is 47.2 Å². The predicted molar refractivity (Wildman–Crippen MR) is 114 cm³/mol. The first-order chi connectivity index (χ1) is 15.7. The Morgan fingerprint density at radius 3 is 2.42 bits per heavy atom. The summed E-state index contributed by atoms with van der Waals surface area (Å²) >= 11 is 0. The molecule has 2 aliphatic heterocycles. The lowest BCUT2D eigenvalue weighted by Crippen LogP contribution is -2.54. The van der Waals surface area contributed by atoms with Crippen LogP contribution in [0.2, 0.25) is 0 Å². The number of amides is 4. The fourth-order valence-corrected chi connectivity index (χ4v) is 4.64. The maximum Gasteiger partial charge on any atom is 0.328 e. The summed E-state index contributed by atoms with van der Waals surface area (Å²) in [5.41, 5.74) is 4.75. The number of nitrogens with two attached hydrogens (primary N) is 1. The van der Waals surface area contributed by atoms with E-state index in [9.17, 15) is 24.3 Å². The van der Waals surface area contributed by atoms with Gasteiger partial charge in [0.05, 0.1) is 18.9 Å². The summed E-state index contributed by atoms with van der Waals surface area (Å²) in [5, 5.41) is 12.9. The number of ether oxygens (including phenoxy) is 2. The SMILES string of the molecule is COc1cccc(C2NC(C)(C(=O)O)C3C(=O)N(C(N)=O)C(=O)C23)c1OCc1ccccc1. The van der Waals surface area contributed by atoms with Gasteiger partial charge in [0, 0.05) is 11.6 Å². The third-order valence-corrected chi connectivity index (χ3v) is 6.24. The fraction of sp³-hybridized carbons (Fsp3) is 0.304. The van der Waals surface area contributed by atoms with Crippen LogP contribution in [-0.2, 0) is 21.0 Å². The quantitative estimate of drug-likeness (QED) is 0.557. The van der Waals surface area contributed by atoms with Gasteiger partial charge in [0.1, 0.15) is 12.1 Å². The molecular formula is C23H23N3O7. The number of rotatable bonds is 6. The largest absolute Gasteiger partial charge is 0.493 e. The van der Waals surface area contributed by atoms with Gasteiger partial charge in [0.25, 0.3) is 0 Å². The fourth-order valence-electron chi connectivity index (χ4n) is 4.64. The zero-order valence-corrected chi connectivity index (χ0v) is 18.0. The van der Waals surface area contributed by atoms with E-state index >= 15 is 0 Å². The topological polar surface area (TPSA) is 148 Å². The van der Waals surface area contributed by atoms with Gasteiger partial charge in [-0.2, -0.15) is 4.90 Å². The van der Waals surface area contributed by atoms with Gasteiger partial charge in [0.2, 0.25) is 11.8 Å². The number of methoxy groups -OCH3 is 1. The average molecular weight is 453 g/mol. The first-order valence-corrected chi connectivity index (χ1v) is 10.2. The van der Waals surface area contributed by atoms with E-state index in [-0.39, 0.29) is 6.61 Å². The number of urea groups is 1. The van der Waals surface area contributed by atoms with Gasteiger partial charge in [-0.05, 0) is 18.6 Å². The van der Waals surface area contributed by atoms with Gasteiger partial charge < -0.3 is 20.3 Å². The summed E-state index contributed by atoms with van der Waals surface area (Å²) < 4.78 is 11.5. The zero-order valence-electron chi connectivity index (χ0n) is 18.0. The van der Waals surface area contributed by atoms with E-state index in [1.54, 1.807) is 18.2 Å². The summed E-state index contributed by atoms with van der Waals surface area (Å²) in [6, 6.07) is 12.2. The Kier molecular flexibility index (Phi) is 5.54. The van der Waals surface area contributed by atoms with Crippen LogP contribution < -0.4 is 20.5 Å². The number of likely N-dealkylation sites (tertiary alicyclic amines) is 1. The molecule has 2 aromatic carbocycles. The molecule has 10 heteroatoms. The van der Waals surface area contributed by atoms with Crippen molar-refractivity contribution in [2.75, 3.05) is 7.11 Å². The van der Waals surface area contributed by atoms with Crippen LogP contribution in [0.4, 0.5) is 4.79 Å². The van der Waals surface area contributed by atoms with Crippen molar-refractivity contribution >= 4 is 23.8 Å². The van der Waals surface area contributed by atoms with Crippen molar-refractivity contribution < 1.29 is 33.8 Å². The minimum Gasteiger partial charge on any atom is -0.493 e. The van der Waals surface area contributed by atoms with Gasteiger partial charge in [0.15, 0.2) is 11.5 Å². The maximum atomic E-state index is 13.1. The van der Waals surface area contributed by atoms with Gasteiger partial charge in [-0.25, -0.2) is 4.79 Å². The number of carbonyl (C=O) groups is 4. The van der Waals surface area contributed by atoms with Crippen molar-refractivity contribution in [1.29, 1.82) is 0 Å². The molecule has 0 bridgehead atoms. The molecule has 4 rings (SSSR count). The number of benzene rings is 2. The number of hydrogen-bond donors (Lipinski definition) is 3. The Morgan fingerprint density at radius 1 is 1.12 bits per heavy atom. The standard InChI is InChI=1S/C23H23N3O7/c1-23(21(29)30)16-15(19(27)26(20(16)28)22(24)31)17(25-23)13-9-6-10-14(32-2)18(13)33-11-12-7-4-3-5-8-12/h3-10,15-17,25H,11H2,1-2H3,(H2,24,31)(H,29,30). The number of carboxylic acid groups (broad SMARTS) is 1. The zero-order chi connectivity index (χ0) is 23.9. The van der Waals surface area contributed by atoms with E-state index in [0.717, 1.165) is 5.56 Å². The van der Waals surface area contributed by atoms with Crippen LogP contribution >= 0.6 is 0 Å². The Labute approximate surface area is 189 Å². The van der Waals surface area contributed by atoms with Crippen LogP contribution in [0.1, 0.15) is 24.1 Å². The molecule has 2 aliphatic rings. The number of fused-ring (bicyclic) bond motifs is 1. The molecule has 2 saturated heterocycles. The van der Waals surface area contributed by atoms with E-state index in [1.165, 1.54) is 14.0 Å². The van der Waals surface area contributed by atoms with Crippen molar-refractivity contribution in [3.05, 3.63) is 59.7 Å². The van der Waals surface area contributed by atoms with Crippen LogP contribution in [0.25, 0.3) is 0 Å². The third kappa shape index (κ3) is 3.48. The van der Waals surface area contributed by atoms with E-state index in [4.69, 9.17) is 15.2 Å². The molecule has 2 fully saturated rings. The highest BCUT2D eigenvalue weighted by molar-refractivity contribution is 6.18. The number of carbonyl (C=O) groups excluding carboxylic acids is 3. The molecule has 2 heterocycles. The lowest BCUT2D eigenvalue weighted by Gasteiger charge is -2.27. The molecule has 4 amide bonds. The van der Waals surface area contributed by atoms with Crippen molar-refractivity contribution in [2.24, 2.45) is 17.6 Å². The molecule has 0 saturated carbocycles. The molecule has 10 nitrogen and oxygen atoms in total. The molecular weight excluding hydrogens is 430 g/mol. The molecule has 4 atom stereocenters. The van der Waals surface area contributed by atoms with E-state index in [2.05, 4.69) is 5.32 Å². The lowest BCUT2D eigenvalue weighted by molar-refractivity contribution is -0.149. The Bertz CT molecular complexity index is 1140. The summed E-state index contributed by atoms with van der Waals surface area (Å²) in [4.78, 5) is 50.3. The average Bonchev–Trinajstić information content (AvgIpc) is 3.26. The third-order valence-electron chi connectivity index (χ3n) is 6.24. The predicted octanol–water partition coefficient (Wildman–Crippen LogP) is 1.44. The van der Waals surface area contributed by atoms with Crippen molar-refractivity contribution in [1.82, 2.24) is 10.2 Å². The maximum absolute atomic E-state index is 13.1. The molecule has 4 unspecified atom stereocenters. The summed E-state index contributed by atoms with van der Waals surface area (Å²) in [6.45, 7) is 1.50. The van der Waals surface area contributed by atoms with E-state index in [1.807, 2.05) is 30.3 Å². The van der Waals surface area contributed by atoms with Crippen molar-refractivity contribution in [3.8, 4) is 11.5 Å². The Morgan fingerprint density at radius 2 is 1.82 bits per heavy atom. The monoisotopic (exact) mass is 453 g/mol. The lowest BCUT2D eigenvalue weighted by atomic mass is 9.80. The second-order valence-electron chi connectivity index (χ2n) is 8.14. The smallest absolute Gasteiger partial charge is 0.328 e. The van der Waals surface area contributed by atoms with Crippen molar-refractivity contribution in [3.63, 3.8) is 0 Å². The highest BCUT2D eigenvalue weighted by atomic mass is 16.5. The summed E-state index contributed by atoms with van der Waals surface area (Å²) in [5.74, 6) is -4.95. The molecule has 0 spiro atoms. The number of hydrogen-bond acceptors (Lipinski definition) is 7. The van der Waals surface area contributed by atoms with Gasteiger partial charge in [-0.3, -0.25) is 19.7 Å². The Balaban J connectivity index is 1.79. The van der Waals surface area contributed by atoms with Crippen LogP contribution in [0.5, 0.6) is 11.5 Å². The van der Waals surface area contributed by atoms with Crippen LogP contribution in [0, 0.1) is 11.8 Å². The number of aliphatic carboxylic acids is 1. The number of nitrogens with zero attached hydrogens (tertiary/aromatic N) is 1. The second-order valence-corrected chi connectivity index (χ2v) is 8.14. The molecule has 0 radical (unpaired) electrons. The molecule has 172 valence electrons. The molecule has 33 heavy (non-hydrogen) atoms. The minimum atomic E-state index is -1.81. The van der Waals surface area contributed by atoms with Crippen molar-refractivity contribution in [2.45, 2.75) is 25.1 Å². The van der Waals surface area contributed by atoms with Gasteiger partial charge >= 0.3 is 12.0 Å². The molecule has 0 aliphatic carbocycles. The number of imide groups is 3. The number of primary amides is 1. The van der Waals surface area contributed by atoms with Gasteiger partial charge in [-0.1, -0.05) is 42.5 Å². The van der Waals surface area contributed by atoms with Gasteiger partial charge in [-0.15, -0.1) is 0 Å².